The molecule has 2 aliphatic rings. The summed E-state index contributed by atoms with van der Waals surface area (Å²) >= 11 is 0. The third kappa shape index (κ3) is 4.84. The molecule has 2 atom stereocenters. The van der Waals surface area contributed by atoms with Gasteiger partial charge in [-0.25, -0.2) is 9.78 Å². The van der Waals surface area contributed by atoms with E-state index in [2.05, 4.69) is 18.4 Å². The molecule has 0 aromatic carbocycles. The summed E-state index contributed by atoms with van der Waals surface area (Å²) in [5.41, 5.74) is 0. The molecule has 0 amide bonds. The number of rotatable bonds is 8. The average Bonchev–Trinajstić information content (AvgIpc) is 2.97. The zero-order chi connectivity index (χ0) is 10.7. The highest BCUT2D eigenvalue weighted by Gasteiger charge is 2.27. The zero-order valence-electron chi connectivity index (χ0n) is 7.66. The molecule has 0 aromatic heterocycles. The van der Waals surface area contributed by atoms with E-state index in [1.165, 1.54) is 0 Å². The van der Waals surface area contributed by atoms with Crippen LogP contribution in [0.15, 0.2) is 0 Å². The Balaban J connectivity index is 1.54. The first kappa shape index (κ1) is 11.2. The first-order valence-corrected chi connectivity index (χ1v) is 5.59. The predicted molar refractivity (Wildman–Crippen MR) is 42.5 cm³/mol. The van der Waals surface area contributed by atoms with Gasteiger partial charge in [0.15, 0.2) is 0 Å². The molecular weight excluding hydrogens is 232 g/mol. The van der Waals surface area contributed by atoms with E-state index in [0.717, 1.165) is 0 Å². The average molecular weight is 242 g/mol. The highest BCUT2D eigenvalue weighted by atomic mass is 32.3. The number of ether oxygens (including phenoxy) is 2. The van der Waals surface area contributed by atoms with Crippen LogP contribution in [-0.2, 0) is 38.3 Å². The van der Waals surface area contributed by atoms with Gasteiger partial charge >= 0.3 is 10.4 Å². The maximum atomic E-state index is 10.9. The minimum absolute atomic E-state index is 0.0360. The maximum Gasteiger partial charge on any atom is 0.453 e. The summed E-state index contributed by atoms with van der Waals surface area (Å²) in [5.74, 6) is 0. The van der Waals surface area contributed by atoms with Gasteiger partial charge < -0.3 is 9.47 Å². The fourth-order valence-corrected chi connectivity index (χ4v) is 1.03. The Bertz CT molecular complexity index is 268. The van der Waals surface area contributed by atoms with Crippen LogP contribution in [0.3, 0.4) is 0 Å². The minimum atomic E-state index is -4.27. The van der Waals surface area contributed by atoms with Crippen LogP contribution in [0.1, 0.15) is 0 Å². The van der Waals surface area contributed by atoms with Gasteiger partial charge in [0.2, 0.25) is 0 Å². The van der Waals surface area contributed by atoms with Crippen molar-refractivity contribution in [3.8, 4) is 0 Å². The lowest BCUT2D eigenvalue weighted by atomic mass is 10.5. The van der Waals surface area contributed by atoms with Gasteiger partial charge in [0.05, 0.1) is 13.2 Å². The van der Waals surface area contributed by atoms with E-state index in [-0.39, 0.29) is 25.4 Å². The zero-order valence-corrected chi connectivity index (χ0v) is 8.47. The predicted octanol–water partition coefficient (Wildman–Crippen LogP) is -1.07. The Labute approximate surface area is 86.1 Å². The first-order chi connectivity index (χ1) is 7.16. The molecule has 0 N–H and O–H groups in total. The molecule has 0 radical (unpaired) electrons. The third-order valence-electron chi connectivity index (χ3n) is 1.58. The van der Waals surface area contributed by atoms with Crippen LogP contribution in [0.2, 0.25) is 0 Å². The summed E-state index contributed by atoms with van der Waals surface area (Å²) < 4.78 is 39.2. The molecule has 0 aliphatic carbocycles. The summed E-state index contributed by atoms with van der Waals surface area (Å²) in [7, 11) is -4.27. The van der Waals surface area contributed by atoms with E-state index in [4.69, 9.17) is 9.47 Å². The molecule has 0 saturated carbocycles. The molecule has 0 bridgehead atoms. The minimum Gasteiger partial charge on any atom is -0.370 e. The summed E-state index contributed by atoms with van der Waals surface area (Å²) in [6, 6.07) is 0. The van der Waals surface area contributed by atoms with Gasteiger partial charge in [-0.1, -0.05) is 8.67 Å². The van der Waals surface area contributed by atoms with Gasteiger partial charge in [-0.15, -0.1) is 0 Å². The second-order valence-electron chi connectivity index (χ2n) is 3.02. The lowest BCUT2D eigenvalue weighted by Crippen LogP contribution is -2.15. The van der Waals surface area contributed by atoms with Crippen LogP contribution in [-0.4, -0.2) is 47.1 Å². The highest BCUT2D eigenvalue weighted by molar-refractivity contribution is 7.81. The second kappa shape index (κ2) is 4.70. The van der Waals surface area contributed by atoms with Crippen LogP contribution in [0.25, 0.3) is 0 Å². The monoisotopic (exact) mass is 242 g/mol. The molecule has 2 heterocycles. The smallest absolute Gasteiger partial charge is 0.370 e. The normalized spacial score (nSPS) is 29.1. The third-order valence-corrected chi connectivity index (χ3v) is 2.10. The van der Waals surface area contributed by atoms with Gasteiger partial charge in [-0.2, -0.15) is 8.42 Å². The van der Waals surface area contributed by atoms with Crippen LogP contribution in [0.4, 0.5) is 0 Å². The Morgan fingerprint density at radius 2 is 1.40 bits per heavy atom. The molecule has 2 aliphatic heterocycles. The van der Waals surface area contributed by atoms with Crippen molar-refractivity contribution in [2.24, 2.45) is 0 Å². The van der Waals surface area contributed by atoms with E-state index in [1.54, 1.807) is 0 Å². The van der Waals surface area contributed by atoms with E-state index in [1.807, 2.05) is 0 Å². The SMILES string of the molecule is O=S(=O)(OOCC1CO1)OOCC1CO1. The molecule has 9 heteroatoms. The molecular formula is C6H10O8S. The van der Waals surface area contributed by atoms with Crippen molar-refractivity contribution in [1.29, 1.82) is 0 Å². The van der Waals surface area contributed by atoms with Crippen LogP contribution in [0, 0.1) is 0 Å². The fraction of sp³-hybridized carbons (Fsp3) is 1.00. The maximum absolute atomic E-state index is 10.9. The number of hydrogen-bond acceptors (Lipinski definition) is 8. The molecule has 0 aromatic rings. The van der Waals surface area contributed by atoms with Crippen molar-refractivity contribution in [3.05, 3.63) is 0 Å². The fourth-order valence-electron chi connectivity index (χ4n) is 0.665. The quantitative estimate of drug-likeness (QED) is 0.301. The van der Waals surface area contributed by atoms with Gasteiger partial charge in [0.25, 0.3) is 0 Å². The Morgan fingerprint density at radius 3 is 1.73 bits per heavy atom. The standard InChI is InChI=1S/C6H10O8S/c7-15(8,13-11-3-5-1-9-5)14-12-4-6-2-10-6/h5-6H,1-4H2. The highest BCUT2D eigenvalue weighted by Crippen LogP contribution is 2.11. The molecule has 2 rings (SSSR count). The van der Waals surface area contributed by atoms with Crippen LogP contribution >= 0.6 is 0 Å². The topological polar surface area (TPSA) is 96.1 Å². The van der Waals surface area contributed by atoms with E-state index >= 15 is 0 Å². The Morgan fingerprint density at radius 1 is 1.00 bits per heavy atom. The van der Waals surface area contributed by atoms with Gasteiger partial charge in [0.1, 0.15) is 25.4 Å². The molecule has 15 heavy (non-hydrogen) atoms. The van der Waals surface area contributed by atoms with Gasteiger partial charge in [-0.05, 0) is 0 Å². The van der Waals surface area contributed by atoms with Gasteiger partial charge in [0, 0.05) is 0 Å². The van der Waals surface area contributed by atoms with E-state index in [0.29, 0.717) is 13.2 Å². The van der Waals surface area contributed by atoms with Crippen molar-refractivity contribution in [2.45, 2.75) is 12.2 Å². The van der Waals surface area contributed by atoms with Crippen molar-refractivity contribution >= 4 is 10.4 Å². The number of epoxide rings is 2. The van der Waals surface area contributed by atoms with E-state index in [9.17, 15) is 8.42 Å². The molecule has 8 nitrogen and oxygen atoms in total. The van der Waals surface area contributed by atoms with Crippen LogP contribution < -0.4 is 0 Å². The summed E-state index contributed by atoms with van der Waals surface area (Å²) in [6.07, 6.45) is -0.193. The van der Waals surface area contributed by atoms with Crippen molar-refractivity contribution in [3.63, 3.8) is 0 Å². The Hall–Kier alpha value is -0.290. The van der Waals surface area contributed by atoms with Crippen molar-refractivity contribution in [1.82, 2.24) is 0 Å². The summed E-state index contributed by atoms with van der Waals surface area (Å²) in [6.45, 7) is 1.15. The van der Waals surface area contributed by atoms with Crippen molar-refractivity contribution in [2.75, 3.05) is 26.4 Å². The molecule has 2 unspecified atom stereocenters. The number of hydrogen-bond donors (Lipinski definition) is 0. The van der Waals surface area contributed by atoms with Crippen molar-refractivity contribution < 1.29 is 36.3 Å². The lowest BCUT2D eigenvalue weighted by Gasteiger charge is -2.02. The van der Waals surface area contributed by atoms with Gasteiger partial charge in [-0.3, -0.25) is 0 Å². The largest absolute Gasteiger partial charge is 0.453 e. The summed E-state index contributed by atoms with van der Waals surface area (Å²) in [4.78, 5) is 8.69. The molecule has 2 fully saturated rings. The molecule has 2 saturated heterocycles. The molecule has 0 spiro atoms. The lowest BCUT2D eigenvalue weighted by molar-refractivity contribution is -0.260. The van der Waals surface area contributed by atoms with E-state index < -0.39 is 10.4 Å². The van der Waals surface area contributed by atoms with Crippen LogP contribution in [0.5, 0.6) is 0 Å². The Kier molecular flexibility index (Phi) is 3.51. The first-order valence-electron chi connectivity index (χ1n) is 4.26. The summed E-state index contributed by atoms with van der Waals surface area (Å²) in [5, 5.41) is 0. The second-order valence-corrected chi connectivity index (χ2v) is 4.11. The molecule has 88 valence electrons.